The van der Waals surface area contributed by atoms with E-state index in [0.29, 0.717) is 4.47 Å². The average molecular weight is 343 g/mol. The normalized spacial score (nSPS) is 10.3. The Hall–Kier alpha value is -2.15. The predicted octanol–water partition coefficient (Wildman–Crippen LogP) is 3.75. The fraction of sp³-hybridized carbons (Fsp3) is 0. The van der Waals surface area contributed by atoms with Gasteiger partial charge in [0.05, 0.1) is 17.1 Å². The molecule has 0 atom stereocenters. The van der Waals surface area contributed by atoms with E-state index in [-0.39, 0.29) is 11.4 Å². The molecule has 0 bridgehead atoms. The maximum atomic E-state index is 13.7. The first-order valence-electron chi connectivity index (χ1n) is 5.44. The number of nitrogen functional groups attached to an aromatic ring is 1. The van der Waals surface area contributed by atoms with Gasteiger partial charge in [-0.25, -0.2) is 13.6 Å². The van der Waals surface area contributed by atoms with Crippen LogP contribution in [0, 0.1) is 11.6 Å². The van der Waals surface area contributed by atoms with Crippen molar-refractivity contribution < 1.29 is 18.7 Å². The smallest absolute Gasteiger partial charge is 0.340 e. The number of para-hydroxylation sites is 1. The van der Waals surface area contributed by atoms with Gasteiger partial charge in [-0.1, -0.05) is 6.07 Å². The molecule has 0 unspecified atom stereocenters. The number of hydrogen-bond acceptors (Lipinski definition) is 3. The molecule has 2 aromatic carbocycles. The van der Waals surface area contributed by atoms with Crippen LogP contribution in [0.1, 0.15) is 10.4 Å². The highest BCUT2D eigenvalue weighted by Gasteiger charge is 2.19. The van der Waals surface area contributed by atoms with Crippen molar-refractivity contribution in [3.05, 3.63) is 52.0 Å². The van der Waals surface area contributed by atoms with Crippen LogP contribution in [0.3, 0.4) is 0 Å². The van der Waals surface area contributed by atoms with Crippen LogP contribution in [0.4, 0.5) is 25.8 Å². The van der Waals surface area contributed by atoms with E-state index in [2.05, 4.69) is 21.2 Å². The van der Waals surface area contributed by atoms with Crippen LogP contribution in [0.2, 0.25) is 0 Å². The number of rotatable bonds is 3. The number of carboxylic acids is 1. The van der Waals surface area contributed by atoms with Gasteiger partial charge < -0.3 is 16.2 Å². The minimum absolute atomic E-state index is 0.00204. The molecule has 7 heteroatoms. The van der Waals surface area contributed by atoms with E-state index in [0.717, 1.165) is 6.07 Å². The molecular formula is C13H9BrF2N2O2. The van der Waals surface area contributed by atoms with Crippen LogP contribution in [-0.2, 0) is 0 Å². The van der Waals surface area contributed by atoms with E-state index in [1.807, 2.05) is 0 Å². The molecule has 0 aliphatic heterocycles. The maximum absolute atomic E-state index is 13.7. The zero-order valence-electron chi connectivity index (χ0n) is 9.95. The van der Waals surface area contributed by atoms with E-state index in [1.165, 1.54) is 18.2 Å². The number of carboxylic acid groups (broad SMARTS) is 1. The monoisotopic (exact) mass is 342 g/mol. The van der Waals surface area contributed by atoms with E-state index in [1.54, 1.807) is 6.07 Å². The molecule has 4 N–H and O–H groups in total. The Labute approximate surface area is 121 Å². The van der Waals surface area contributed by atoms with Crippen molar-refractivity contribution in [3.8, 4) is 0 Å². The molecule has 0 aromatic heterocycles. The lowest BCUT2D eigenvalue weighted by molar-refractivity contribution is 0.0698. The average Bonchev–Trinajstić information content (AvgIpc) is 2.37. The quantitative estimate of drug-likeness (QED) is 0.742. The Morgan fingerprint density at radius 1 is 1.20 bits per heavy atom. The van der Waals surface area contributed by atoms with E-state index in [9.17, 15) is 13.6 Å². The second-order valence-electron chi connectivity index (χ2n) is 3.91. The molecule has 0 aliphatic carbocycles. The highest BCUT2D eigenvalue weighted by atomic mass is 79.9. The summed E-state index contributed by atoms with van der Waals surface area (Å²) in [5.74, 6) is -2.84. The lowest BCUT2D eigenvalue weighted by Crippen LogP contribution is -2.09. The standard InChI is InChI=1S/C13H9BrF2N2O2/c14-6-2-1-3-8(16)12(6)18-9-5-4-7(15)11(17)10(9)13(19)20/h1-5,18H,17H2,(H,19,20). The second kappa shape index (κ2) is 5.46. The number of halogens is 3. The van der Waals surface area contributed by atoms with E-state index in [4.69, 9.17) is 10.8 Å². The maximum Gasteiger partial charge on any atom is 0.340 e. The highest BCUT2D eigenvalue weighted by Crippen LogP contribution is 2.32. The molecule has 0 heterocycles. The van der Waals surface area contributed by atoms with Gasteiger partial charge in [0.2, 0.25) is 0 Å². The van der Waals surface area contributed by atoms with Gasteiger partial charge in [0.15, 0.2) is 0 Å². The fourth-order valence-corrected chi connectivity index (χ4v) is 2.12. The number of aromatic carboxylic acids is 1. The number of benzene rings is 2. The number of anilines is 3. The molecule has 2 aromatic rings. The van der Waals surface area contributed by atoms with Crippen molar-refractivity contribution in [2.24, 2.45) is 0 Å². The number of nitrogens with two attached hydrogens (primary N) is 1. The van der Waals surface area contributed by atoms with Crippen LogP contribution in [0.25, 0.3) is 0 Å². The highest BCUT2D eigenvalue weighted by molar-refractivity contribution is 9.10. The molecule has 0 fully saturated rings. The van der Waals surface area contributed by atoms with Crippen molar-refractivity contribution >= 4 is 39.0 Å². The van der Waals surface area contributed by atoms with Gasteiger partial charge in [-0.05, 0) is 40.2 Å². The summed E-state index contributed by atoms with van der Waals surface area (Å²) in [5.41, 5.74) is 4.51. The van der Waals surface area contributed by atoms with Gasteiger partial charge in [0.25, 0.3) is 0 Å². The minimum Gasteiger partial charge on any atom is -0.478 e. The topological polar surface area (TPSA) is 75.3 Å². The van der Waals surface area contributed by atoms with Gasteiger partial charge in [0, 0.05) is 4.47 Å². The molecule has 0 saturated carbocycles. The van der Waals surface area contributed by atoms with E-state index >= 15 is 0 Å². The summed E-state index contributed by atoms with van der Waals surface area (Å²) >= 11 is 3.14. The largest absolute Gasteiger partial charge is 0.478 e. The molecule has 0 spiro atoms. The van der Waals surface area contributed by atoms with Gasteiger partial charge in [-0.2, -0.15) is 0 Å². The third kappa shape index (κ3) is 2.57. The fourth-order valence-electron chi connectivity index (χ4n) is 1.68. The van der Waals surface area contributed by atoms with Crippen LogP contribution in [0.5, 0.6) is 0 Å². The zero-order valence-corrected chi connectivity index (χ0v) is 11.5. The SMILES string of the molecule is Nc1c(F)ccc(Nc2c(F)cccc2Br)c1C(=O)O. The summed E-state index contributed by atoms with van der Waals surface area (Å²) < 4.78 is 27.4. The van der Waals surface area contributed by atoms with Crippen molar-refractivity contribution in [2.75, 3.05) is 11.1 Å². The van der Waals surface area contributed by atoms with Crippen molar-refractivity contribution in [1.82, 2.24) is 0 Å². The Kier molecular flexibility index (Phi) is 3.89. The first-order chi connectivity index (χ1) is 9.41. The number of hydrogen-bond donors (Lipinski definition) is 3. The zero-order chi connectivity index (χ0) is 14.9. The summed E-state index contributed by atoms with van der Waals surface area (Å²) in [4.78, 5) is 11.2. The third-order valence-electron chi connectivity index (χ3n) is 2.63. The summed E-state index contributed by atoms with van der Waals surface area (Å²) in [6.45, 7) is 0. The molecular weight excluding hydrogens is 334 g/mol. The van der Waals surface area contributed by atoms with Crippen LogP contribution < -0.4 is 11.1 Å². The van der Waals surface area contributed by atoms with Crippen molar-refractivity contribution in [1.29, 1.82) is 0 Å². The van der Waals surface area contributed by atoms with Gasteiger partial charge in [-0.15, -0.1) is 0 Å². The summed E-state index contributed by atoms with van der Waals surface area (Å²) in [6.07, 6.45) is 0. The summed E-state index contributed by atoms with van der Waals surface area (Å²) in [6, 6.07) is 6.48. The molecule has 20 heavy (non-hydrogen) atoms. The van der Waals surface area contributed by atoms with Gasteiger partial charge in [-0.3, -0.25) is 0 Å². The molecule has 0 amide bonds. The molecule has 4 nitrogen and oxygen atoms in total. The lowest BCUT2D eigenvalue weighted by Gasteiger charge is -2.13. The van der Waals surface area contributed by atoms with Gasteiger partial charge in [0.1, 0.15) is 17.2 Å². The molecule has 2 rings (SSSR count). The number of carbonyl (C=O) groups is 1. The van der Waals surface area contributed by atoms with Crippen LogP contribution in [-0.4, -0.2) is 11.1 Å². The molecule has 0 saturated heterocycles. The minimum atomic E-state index is -1.41. The first-order valence-corrected chi connectivity index (χ1v) is 6.23. The van der Waals surface area contributed by atoms with E-state index < -0.39 is 28.9 Å². The molecule has 0 aliphatic rings. The number of nitrogens with one attached hydrogen (secondary N) is 1. The lowest BCUT2D eigenvalue weighted by atomic mass is 10.1. The Morgan fingerprint density at radius 3 is 2.50 bits per heavy atom. The Morgan fingerprint density at radius 2 is 1.90 bits per heavy atom. The Bertz CT molecular complexity index is 672. The van der Waals surface area contributed by atoms with Crippen LogP contribution >= 0.6 is 15.9 Å². The molecule has 0 radical (unpaired) electrons. The predicted molar refractivity (Wildman–Crippen MR) is 75.2 cm³/mol. The summed E-state index contributed by atoms with van der Waals surface area (Å²) in [5, 5.41) is 11.7. The van der Waals surface area contributed by atoms with Crippen LogP contribution in [0.15, 0.2) is 34.8 Å². The van der Waals surface area contributed by atoms with Crippen molar-refractivity contribution in [2.45, 2.75) is 0 Å². The molecule has 104 valence electrons. The first kappa shape index (κ1) is 14.3. The van der Waals surface area contributed by atoms with Crippen molar-refractivity contribution in [3.63, 3.8) is 0 Å². The Balaban J connectivity index is 2.55. The third-order valence-corrected chi connectivity index (χ3v) is 3.29. The second-order valence-corrected chi connectivity index (χ2v) is 4.76. The summed E-state index contributed by atoms with van der Waals surface area (Å²) in [7, 11) is 0. The van der Waals surface area contributed by atoms with Gasteiger partial charge >= 0.3 is 5.97 Å².